The predicted octanol–water partition coefficient (Wildman–Crippen LogP) is 7.79. The van der Waals surface area contributed by atoms with Gasteiger partial charge in [-0.05, 0) is 95.4 Å². The first-order valence-electron chi connectivity index (χ1n) is 15.8. The zero-order valence-corrected chi connectivity index (χ0v) is 29.5. The Labute approximate surface area is 273 Å². The average molecular weight is 655 g/mol. The zero-order valence-electron chi connectivity index (χ0n) is 28.7. The van der Waals surface area contributed by atoms with Crippen molar-refractivity contribution in [3.8, 4) is 0 Å². The predicted molar refractivity (Wildman–Crippen MR) is 180 cm³/mol. The molecular formula is C36H48F2N4O3S. The van der Waals surface area contributed by atoms with Gasteiger partial charge in [-0.2, -0.15) is 0 Å². The Morgan fingerprint density at radius 1 is 0.783 bits per heavy atom. The van der Waals surface area contributed by atoms with Crippen LogP contribution in [0.3, 0.4) is 0 Å². The fourth-order valence-corrected chi connectivity index (χ4v) is 7.28. The zero-order chi connectivity index (χ0) is 34.5. The molecule has 0 aliphatic rings. The smallest absolute Gasteiger partial charge is 0.259 e. The Morgan fingerprint density at radius 3 is 1.70 bits per heavy atom. The second kappa shape index (κ2) is 15.4. The summed E-state index contributed by atoms with van der Waals surface area (Å²) in [6.45, 7) is 15.8. The van der Waals surface area contributed by atoms with Crippen molar-refractivity contribution in [2.75, 3.05) is 14.1 Å². The molecule has 0 aliphatic carbocycles. The highest BCUT2D eigenvalue weighted by Gasteiger charge is 2.26. The third-order valence-electron chi connectivity index (χ3n) is 7.82. The van der Waals surface area contributed by atoms with Crippen LogP contribution in [0.1, 0.15) is 118 Å². The van der Waals surface area contributed by atoms with E-state index in [0.717, 1.165) is 11.1 Å². The first-order valence-corrected chi connectivity index (χ1v) is 17.3. The molecule has 1 aromatic heterocycles. The average Bonchev–Trinajstić information content (AvgIpc) is 2.92. The number of hydrogen-bond acceptors (Lipinski definition) is 5. The Bertz CT molecular complexity index is 1690. The number of hydrogen-bond donors (Lipinski definition) is 1. The second-order valence-corrected chi connectivity index (χ2v) is 15.2. The lowest BCUT2D eigenvalue weighted by Gasteiger charge is -2.21. The Balaban J connectivity index is 2.13. The maximum atomic E-state index is 15.0. The van der Waals surface area contributed by atoms with Crippen LogP contribution in [0.25, 0.3) is 0 Å². The number of halogens is 2. The summed E-state index contributed by atoms with van der Waals surface area (Å²) >= 11 is 0. The molecule has 0 saturated heterocycles. The van der Waals surface area contributed by atoms with Gasteiger partial charge in [-0.1, -0.05) is 67.5 Å². The third-order valence-corrected chi connectivity index (χ3v) is 9.67. The molecule has 0 spiro atoms. The van der Waals surface area contributed by atoms with Gasteiger partial charge in [0.1, 0.15) is 11.6 Å². The molecule has 0 aliphatic heterocycles. The molecule has 3 aromatic rings. The molecule has 2 aromatic carbocycles. The lowest BCUT2D eigenvalue weighted by atomic mass is 9.86. The molecule has 10 heteroatoms. The Morgan fingerprint density at radius 2 is 1.28 bits per heavy atom. The maximum Gasteiger partial charge on any atom is 0.259 e. The van der Waals surface area contributed by atoms with Gasteiger partial charge in [-0.15, -0.1) is 4.36 Å². The highest BCUT2D eigenvalue weighted by Crippen LogP contribution is 2.32. The summed E-state index contributed by atoms with van der Waals surface area (Å²) < 4.78 is 51.3. The van der Waals surface area contributed by atoms with E-state index < -0.39 is 33.4 Å². The fourth-order valence-electron chi connectivity index (χ4n) is 5.84. The van der Waals surface area contributed by atoms with E-state index >= 15 is 8.78 Å². The fraction of sp³-hybridized carbons (Fsp3) is 0.472. The number of amides is 2. The van der Waals surface area contributed by atoms with Gasteiger partial charge in [0.15, 0.2) is 9.92 Å². The molecule has 1 heterocycles. The van der Waals surface area contributed by atoms with Gasteiger partial charge in [0.05, 0.1) is 23.4 Å². The first-order chi connectivity index (χ1) is 21.4. The lowest BCUT2D eigenvalue weighted by Crippen LogP contribution is -2.33. The Kier molecular flexibility index (Phi) is 12.4. The highest BCUT2D eigenvalue weighted by atomic mass is 32.2. The van der Waals surface area contributed by atoms with E-state index in [9.17, 15) is 13.8 Å². The van der Waals surface area contributed by atoms with E-state index in [4.69, 9.17) is 0 Å². The van der Waals surface area contributed by atoms with E-state index in [1.165, 1.54) is 24.4 Å². The van der Waals surface area contributed by atoms with Crippen LogP contribution in [0.15, 0.2) is 51.9 Å². The van der Waals surface area contributed by atoms with Crippen LogP contribution in [0, 0.1) is 11.6 Å². The SMILES string of the molecule is CC(C)c1ccc(F)c(C(C)C)c1CC(=O)N=S(=O)(NC(=O)Cc1c(C(C)C)ccc(F)c1C(C)C)c1ccc(CN(C)C)nc1. The maximum absolute atomic E-state index is 15.0. The van der Waals surface area contributed by atoms with Crippen molar-refractivity contribution >= 4 is 21.7 Å². The summed E-state index contributed by atoms with van der Waals surface area (Å²) in [4.78, 5) is 33.7. The number of nitrogens with zero attached hydrogens (tertiary/aromatic N) is 3. The first kappa shape index (κ1) is 37.0. The number of aromatic nitrogens is 1. The van der Waals surface area contributed by atoms with Crippen molar-refractivity contribution in [1.82, 2.24) is 14.6 Å². The molecule has 2 amide bonds. The Hall–Kier alpha value is -3.50. The van der Waals surface area contributed by atoms with Crippen molar-refractivity contribution in [2.45, 2.75) is 103 Å². The third kappa shape index (κ3) is 8.85. The molecular weight excluding hydrogens is 606 g/mol. The molecule has 0 saturated carbocycles. The molecule has 0 fully saturated rings. The van der Waals surface area contributed by atoms with Crippen LogP contribution in [-0.2, 0) is 38.9 Å². The van der Waals surface area contributed by atoms with Crippen molar-refractivity contribution in [3.05, 3.63) is 93.3 Å². The molecule has 0 bridgehead atoms. The minimum atomic E-state index is -3.89. The molecule has 0 radical (unpaired) electrons. The summed E-state index contributed by atoms with van der Waals surface area (Å²) in [5, 5.41) is 0. The summed E-state index contributed by atoms with van der Waals surface area (Å²) in [5.74, 6) is -2.71. The standard InChI is InChI=1S/C36H48F2N4O3S/c1-21(2)27-13-15-31(37)35(23(5)6)29(27)17-33(43)40-46(45,26-12-11-25(39-19-26)20-42(9)10)41-34(44)18-30-28(22(3)4)14-16-32(38)36(30)24(7)8/h11-16,19,21-24H,17-18,20H2,1-10H3,(H,40,41,43,44,45). The van der Waals surface area contributed by atoms with Gasteiger partial charge < -0.3 is 4.90 Å². The monoisotopic (exact) mass is 654 g/mol. The van der Waals surface area contributed by atoms with E-state index in [1.807, 2.05) is 74.4 Å². The summed E-state index contributed by atoms with van der Waals surface area (Å²) in [5.41, 5.74) is 4.17. The topological polar surface area (TPSA) is 91.7 Å². The van der Waals surface area contributed by atoms with Gasteiger partial charge in [0.2, 0.25) is 5.91 Å². The van der Waals surface area contributed by atoms with Gasteiger partial charge in [-0.3, -0.25) is 19.3 Å². The second-order valence-electron chi connectivity index (χ2n) is 13.3. The van der Waals surface area contributed by atoms with Gasteiger partial charge in [-0.25, -0.2) is 13.0 Å². The number of nitrogens with one attached hydrogen (secondary N) is 1. The number of benzene rings is 2. The van der Waals surface area contributed by atoms with Crippen LogP contribution in [0.2, 0.25) is 0 Å². The van der Waals surface area contributed by atoms with Gasteiger partial charge in [0, 0.05) is 12.7 Å². The van der Waals surface area contributed by atoms with E-state index in [2.05, 4.69) is 14.1 Å². The van der Waals surface area contributed by atoms with Gasteiger partial charge in [0.25, 0.3) is 5.91 Å². The quantitative estimate of drug-likeness (QED) is 0.215. The van der Waals surface area contributed by atoms with Crippen LogP contribution >= 0.6 is 0 Å². The molecule has 46 heavy (non-hydrogen) atoms. The lowest BCUT2D eigenvalue weighted by molar-refractivity contribution is -0.118. The molecule has 1 atom stereocenters. The van der Waals surface area contributed by atoms with Crippen LogP contribution in [-0.4, -0.2) is 40.0 Å². The van der Waals surface area contributed by atoms with Crippen molar-refractivity contribution in [1.29, 1.82) is 0 Å². The summed E-state index contributed by atoms with van der Waals surface area (Å²) in [7, 11) is -0.115. The molecule has 3 rings (SSSR count). The van der Waals surface area contributed by atoms with E-state index in [0.29, 0.717) is 34.5 Å². The van der Waals surface area contributed by atoms with Gasteiger partial charge >= 0.3 is 0 Å². The summed E-state index contributed by atoms with van der Waals surface area (Å²) in [6, 6.07) is 9.36. The van der Waals surface area contributed by atoms with E-state index in [-0.39, 0.29) is 41.4 Å². The van der Waals surface area contributed by atoms with Crippen molar-refractivity contribution in [3.63, 3.8) is 0 Å². The van der Waals surface area contributed by atoms with Crippen LogP contribution < -0.4 is 4.72 Å². The normalized spacial score (nSPS) is 13.2. The minimum absolute atomic E-state index is 0.00142. The minimum Gasteiger partial charge on any atom is -0.304 e. The number of pyridine rings is 1. The molecule has 250 valence electrons. The number of carbonyl (C=O) groups excluding carboxylic acids is 2. The molecule has 7 nitrogen and oxygen atoms in total. The van der Waals surface area contributed by atoms with Crippen molar-refractivity contribution < 1.29 is 22.6 Å². The largest absolute Gasteiger partial charge is 0.304 e. The summed E-state index contributed by atoms with van der Waals surface area (Å²) in [6.07, 6.45) is 0.794. The number of rotatable bonds is 12. The van der Waals surface area contributed by atoms with Crippen LogP contribution in [0.4, 0.5) is 8.78 Å². The number of carbonyl (C=O) groups is 2. The van der Waals surface area contributed by atoms with E-state index in [1.54, 1.807) is 18.2 Å². The molecule has 1 N–H and O–H groups in total. The highest BCUT2D eigenvalue weighted by molar-refractivity contribution is 7.92. The van der Waals surface area contributed by atoms with Crippen LogP contribution in [0.5, 0.6) is 0 Å². The molecule has 1 unspecified atom stereocenters. The van der Waals surface area contributed by atoms with Crippen molar-refractivity contribution in [2.24, 2.45) is 4.36 Å².